The van der Waals surface area contributed by atoms with Crippen LogP contribution in [0, 0.1) is 5.41 Å². The molecule has 1 N–H and O–H groups in total. The van der Waals surface area contributed by atoms with Crippen LogP contribution in [-0.2, 0) is 25.5 Å². The molecule has 0 fully saturated rings. The Morgan fingerprint density at radius 1 is 1.05 bits per heavy atom. The third-order valence-corrected chi connectivity index (χ3v) is 6.70. The third-order valence-electron chi connectivity index (χ3n) is 6.70. The molecular formula is C30H33NO6. The van der Waals surface area contributed by atoms with Crippen molar-refractivity contribution in [2.45, 2.75) is 52.9 Å². The van der Waals surface area contributed by atoms with Crippen molar-refractivity contribution in [1.29, 1.82) is 0 Å². The predicted octanol–water partition coefficient (Wildman–Crippen LogP) is 5.01. The van der Waals surface area contributed by atoms with E-state index in [1.165, 1.54) is 14.0 Å². The van der Waals surface area contributed by atoms with Crippen molar-refractivity contribution in [3.63, 3.8) is 0 Å². The van der Waals surface area contributed by atoms with Crippen LogP contribution < -0.4 is 14.8 Å². The highest BCUT2D eigenvalue weighted by atomic mass is 16.6. The highest BCUT2D eigenvalue weighted by Crippen LogP contribution is 2.47. The van der Waals surface area contributed by atoms with E-state index in [1.807, 2.05) is 37.3 Å². The van der Waals surface area contributed by atoms with Gasteiger partial charge in [-0.3, -0.25) is 9.59 Å². The second kappa shape index (κ2) is 10.6. The number of carbonyl (C=O) groups is 3. The molecule has 4 rings (SSSR count). The molecule has 194 valence electrons. The predicted molar refractivity (Wildman–Crippen MR) is 139 cm³/mol. The summed E-state index contributed by atoms with van der Waals surface area (Å²) < 4.78 is 16.5. The first-order valence-electron chi connectivity index (χ1n) is 12.4. The summed E-state index contributed by atoms with van der Waals surface area (Å²) in [4.78, 5) is 38.5. The van der Waals surface area contributed by atoms with Crippen molar-refractivity contribution in [3.8, 4) is 11.5 Å². The fourth-order valence-electron chi connectivity index (χ4n) is 5.13. The number of hydrogen-bond donors (Lipinski definition) is 1. The number of methoxy groups -OCH3 is 1. The monoisotopic (exact) mass is 503 g/mol. The highest BCUT2D eigenvalue weighted by Gasteiger charge is 2.43. The molecule has 0 bridgehead atoms. The zero-order chi connectivity index (χ0) is 26.7. The second-order valence-corrected chi connectivity index (χ2v) is 10.3. The van der Waals surface area contributed by atoms with Gasteiger partial charge in [-0.05, 0) is 42.0 Å². The first-order chi connectivity index (χ1) is 17.6. The maximum absolute atomic E-state index is 13.5. The van der Waals surface area contributed by atoms with Gasteiger partial charge in [0.05, 0.1) is 19.3 Å². The van der Waals surface area contributed by atoms with Crippen LogP contribution in [0.4, 0.5) is 0 Å². The van der Waals surface area contributed by atoms with Crippen molar-refractivity contribution in [2.75, 3.05) is 13.7 Å². The zero-order valence-corrected chi connectivity index (χ0v) is 22.0. The molecule has 7 nitrogen and oxygen atoms in total. The molecule has 1 atom stereocenters. The minimum absolute atomic E-state index is 0.00568. The van der Waals surface area contributed by atoms with Crippen LogP contribution in [0.1, 0.15) is 57.6 Å². The standard InChI is InChI=1S/C30H33NO6/c1-18-26(29(34)36-14-13-20-9-7-6-8-10-20)27(28-22(31-18)16-30(3,4)17-23(28)33)21-11-12-24(37-19(2)32)25(15-21)35-5/h6-12,15,27,31H,13-14,16-17H2,1-5H3/t27-/m0/s1. The van der Waals surface area contributed by atoms with E-state index >= 15 is 0 Å². The Labute approximate surface area is 217 Å². The van der Waals surface area contributed by atoms with E-state index in [1.54, 1.807) is 18.2 Å². The van der Waals surface area contributed by atoms with Gasteiger partial charge in [-0.15, -0.1) is 0 Å². The van der Waals surface area contributed by atoms with E-state index in [4.69, 9.17) is 14.2 Å². The lowest BCUT2D eigenvalue weighted by Crippen LogP contribution is -2.38. The molecule has 0 spiro atoms. The topological polar surface area (TPSA) is 90.9 Å². The lowest BCUT2D eigenvalue weighted by molar-refractivity contribution is -0.139. The fraction of sp³-hybridized carbons (Fsp3) is 0.367. The van der Waals surface area contributed by atoms with E-state index < -0.39 is 17.9 Å². The minimum atomic E-state index is -0.635. The number of benzene rings is 2. The fourth-order valence-corrected chi connectivity index (χ4v) is 5.13. The number of Topliss-reactive ketones (excluding diaryl/α,β-unsaturated/α-hetero) is 1. The van der Waals surface area contributed by atoms with Gasteiger partial charge in [0.25, 0.3) is 0 Å². The molecule has 1 aliphatic carbocycles. The first kappa shape index (κ1) is 26.2. The van der Waals surface area contributed by atoms with Gasteiger partial charge in [-0.25, -0.2) is 4.79 Å². The Morgan fingerprint density at radius 2 is 1.78 bits per heavy atom. The molecule has 0 amide bonds. The molecule has 7 heteroatoms. The number of allylic oxidation sites excluding steroid dienone is 3. The van der Waals surface area contributed by atoms with Gasteiger partial charge >= 0.3 is 11.9 Å². The smallest absolute Gasteiger partial charge is 0.336 e. The van der Waals surface area contributed by atoms with Crippen molar-refractivity contribution in [2.24, 2.45) is 5.41 Å². The SMILES string of the molecule is COc1cc([C@H]2C(C(=O)OCCc3ccccc3)=C(C)NC3=C2C(=O)CC(C)(C)C3)ccc1OC(C)=O. The van der Waals surface area contributed by atoms with E-state index in [9.17, 15) is 14.4 Å². The number of carbonyl (C=O) groups excluding carboxylic acids is 3. The first-order valence-corrected chi connectivity index (χ1v) is 12.4. The molecule has 1 aliphatic heterocycles. The van der Waals surface area contributed by atoms with Crippen molar-refractivity contribution in [3.05, 3.63) is 82.2 Å². The number of nitrogens with one attached hydrogen (secondary N) is 1. The third kappa shape index (κ3) is 5.77. The summed E-state index contributed by atoms with van der Waals surface area (Å²) in [6, 6.07) is 14.9. The van der Waals surface area contributed by atoms with Gasteiger partial charge in [-0.1, -0.05) is 50.2 Å². The summed E-state index contributed by atoms with van der Waals surface area (Å²) in [5.74, 6) is -0.977. The normalized spacial score (nSPS) is 18.6. The van der Waals surface area contributed by atoms with Gasteiger partial charge in [0.2, 0.25) is 0 Å². The van der Waals surface area contributed by atoms with Crippen LogP contribution >= 0.6 is 0 Å². The summed E-state index contributed by atoms with van der Waals surface area (Å²) >= 11 is 0. The summed E-state index contributed by atoms with van der Waals surface area (Å²) in [7, 11) is 1.48. The number of dihydropyridines is 1. The van der Waals surface area contributed by atoms with Gasteiger partial charge in [0.15, 0.2) is 17.3 Å². The van der Waals surface area contributed by atoms with Crippen LogP contribution in [0.5, 0.6) is 11.5 Å². The molecule has 0 unspecified atom stereocenters. The van der Waals surface area contributed by atoms with E-state index in [0.29, 0.717) is 47.4 Å². The number of ether oxygens (including phenoxy) is 3. The minimum Gasteiger partial charge on any atom is -0.493 e. The van der Waals surface area contributed by atoms with Gasteiger partial charge in [0.1, 0.15) is 0 Å². The highest BCUT2D eigenvalue weighted by molar-refractivity contribution is 6.04. The summed E-state index contributed by atoms with van der Waals surface area (Å²) in [6.07, 6.45) is 1.64. The van der Waals surface area contributed by atoms with Crippen LogP contribution in [0.25, 0.3) is 0 Å². The van der Waals surface area contributed by atoms with Crippen LogP contribution in [-0.4, -0.2) is 31.4 Å². The molecule has 0 saturated carbocycles. The van der Waals surface area contributed by atoms with E-state index in [-0.39, 0.29) is 23.6 Å². The molecule has 2 aromatic carbocycles. The molecule has 0 radical (unpaired) electrons. The van der Waals surface area contributed by atoms with Crippen molar-refractivity contribution < 1.29 is 28.6 Å². The number of rotatable bonds is 7. The maximum atomic E-state index is 13.5. The molecule has 1 heterocycles. The molecule has 2 aliphatic rings. The number of esters is 2. The Balaban J connectivity index is 1.72. The van der Waals surface area contributed by atoms with Crippen LogP contribution in [0.2, 0.25) is 0 Å². The summed E-state index contributed by atoms with van der Waals surface area (Å²) in [5, 5.41) is 3.35. The molecule has 0 saturated heterocycles. The Bertz CT molecular complexity index is 1290. The zero-order valence-electron chi connectivity index (χ0n) is 22.0. The average molecular weight is 504 g/mol. The average Bonchev–Trinajstić information content (AvgIpc) is 2.83. The summed E-state index contributed by atoms with van der Waals surface area (Å²) in [6.45, 7) is 7.49. The lowest BCUT2D eigenvalue weighted by atomic mass is 9.68. The Hall–Kier alpha value is -3.87. The van der Waals surface area contributed by atoms with E-state index in [2.05, 4.69) is 19.2 Å². The number of hydrogen-bond acceptors (Lipinski definition) is 7. The molecule has 2 aromatic rings. The van der Waals surface area contributed by atoms with Crippen LogP contribution in [0.3, 0.4) is 0 Å². The lowest BCUT2D eigenvalue weighted by Gasteiger charge is -2.39. The number of ketones is 1. The molecule has 0 aromatic heterocycles. The Kier molecular flexibility index (Phi) is 7.52. The molecular weight excluding hydrogens is 470 g/mol. The summed E-state index contributed by atoms with van der Waals surface area (Å²) in [5.41, 5.74) is 4.00. The van der Waals surface area contributed by atoms with Gasteiger partial charge in [-0.2, -0.15) is 0 Å². The van der Waals surface area contributed by atoms with Crippen molar-refractivity contribution in [1.82, 2.24) is 5.32 Å². The Morgan fingerprint density at radius 3 is 2.46 bits per heavy atom. The largest absolute Gasteiger partial charge is 0.493 e. The maximum Gasteiger partial charge on any atom is 0.336 e. The second-order valence-electron chi connectivity index (χ2n) is 10.3. The van der Waals surface area contributed by atoms with E-state index in [0.717, 1.165) is 11.3 Å². The van der Waals surface area contributed by atoms with Crippen LogP contribution in [0.15, 0.2) is 71.1 Å². The van der Waals surface area contributed by atoms with Gasteiger partial charge in [0, 0.05) is 42.7 Å². The quantitative estimate of drug-likeness (QED) is 0.420. The van der Waals surface area contributed by atoms with Crippen molar-refractivity contribution >= 4 is 17.7 Å². The van der Waals surface area contributed by atoms with Gasteiger partial charge < -0.3 is 19.5 Å². The molecule has 37 heavy (non-hydrogen) atoms.